The lowest BCUT2D eigenvalue weighted by Gasteiger charge is -2.23. The standard InChI is InChI=1S/C26H27FN2O3S/c1-4-17-29(21-13-8-7-9-14-21)33(31,32)22-15-16-24(27)23(18-22)26(30)28-25-19(5-2)11-10-12-20(25)6-3/h4,7-16,18H,1,5-6,17H2,2-3H3,(H,28,30). The molecule has 7 heteroatoms. The SMILES string of the molecule is C=CCN(c1ccccc1)S(=O)(=O)c1ccc(F)c(C(=O)Nc2c(CC)cccc2CC)c1. The smallest absolute Gasteiger partial charge is 0.264 e. The number of hydrogen-bond acceptors (Lipinski definition) is 3. The summed E-state index contributed by atoms with van der Waals surface area (Å²) in [5.74, 6) is -1.50. The summed E-state index contributed by atoms with van der Waals surface area (Å²) < 4.78 is 42.6. The molecule has 3 rings (SSSR count). The molecular weight excluding hydrogens is 439 g/mol. The number of rotatable bonds is 9. The van der Waals surface area contributed by atoms with E-state index in [-0.39, 0.29) is 17.0 Å². The first-order valence-corrected chi connectivity index (χ1v) is 12.2. The highest BCUT2D eigenvalue weighted by molar-refractivity contribution is 7.92. The molecule has 0 aliphatic rings. The number of benzene rings is 3. The van der Waals surface area contributed by atoms with Crippen LogP contribution in [0.25, 0.3) is 0 Å². The third-order valence-corrected chi connectivity index (χ3v) is 7.14. The van der Waals surface area contributed by atoms with Gasteiger partial charge < -0.3 is 5.32 Å². The van der Waals surface area contributed by atoms with Gasteiger partial charge in [0, 0.05) is 5.69 Å². The average Bonchev–Trinajstić information content (AvgIpc) is 2.83. The number of para-hydroxylation sites is 2. The monoisotopic (exact) mass is 466 g/mol. The Bertz CT molecular complexity index is 1240. The molecule has 0 saturated carbocycles. The summed E-state index contributed by atoms with van der Waals surface area (Å²) in [5, 5.41) is 2.80. The van der Waals surface area contributed by atoms with Crippen LogP contribution < -0.4 is 9.62 Å². The third kappa shape index (κ3) is 5.14. The molecule has 1 N–H and O–H groups in total. The topological polar surface area (TPSA) is 66.5 Å². The van der Waals surface area contributed by atoms with E-state index in [0.717, 1.165) is 33.6 Å². The Morgan fingerprint density at radius 3 is 2.21 bits per heavy atom. The lowest BCUT2D eigenvalue weighted by molar-refractivity contribution is 0.102. The number of sulfonamides is 1. The van der Waals surface area contributed by atoms with Gasteiger partial charge in [-0.3, -0.25) is 9.10 Å². The van der Waals surface area contributed by atoms with Gasteiger partial charge in [0.1, 0.15) is 5.82 Å². The van der Waals surface area contributed by atoms with Crippen LogP contribution in [0.3, 0.4) is 0 Å². The van der Waals surface area contributed by atoms with Crippen LogP contribution in [0.5, 0.6) is 0 Å². The molecule has 0 aromatic heterocycles. The van der Waals surface area contributed by atoms with Crippen LogP contribution in [0.4, 0.5) is 15.8 Å². The van der Waals surface area contributed by atoms with Gasteiger partial charge >= 0.3 is 0 Å². The van der Waals surface area contributed by atoms with Gasteiger partial charge in [-0.15, -0.1) is 6.58 Å². The van der Waals surface area contributed by atoms with Gasteiger partial charge in [-0.25, -0.2) is 12.8 Å². The third-order valence-electron chi connectivity index (χ3n) is 5.35. The van der Waals surface area contributed by atoms with Crippen molar-refractivity contribution in [3.05, 3.63) is 102 Å². The highest BCUT2D eigenvalue weighted by Crippen LogP contribution is 2.27. The van der Waals surface area contributed by atoms with Gasteiger partial charge in [0.15, 0.2) is 0 Å². The first-order valence-electron chi connectivity index (χ1n) is 10.7. The summed E-state index contributed by atoms with van der Waals surface area (Å²) in [6.45, 7) is 7.60. The second-order valence-electron chi connectivity index (χ2n) is 7.41. The minimum absolute atomic E-state index is 0.0228. The Labute approximate surface area is 194 Å². The maximum Gasteiger partial charge on any atom is 0.264 e. The number of aryl methyl sites for hydroxylation is 2. The molecule has 0 unspecified atom stereocenters. The number of halogens is 1. The second kappa shape index (κ2) is 10.4. The Morgan fingerprint density at radius 1 is 1.00 bits per heavy atom. The van der Waals surface area contributed by atoms with Gasteiger partial charge in [-0.05, 0) is 54.3 Å². The number of carbonyl (C=O) groups excluding carboxylic acids is 1. The number of nitrogens with one attached hydrogen (secondary N) is 1. The largest absolute Gasteiger partial charge is 0.321 e. The predicted molar refractivity (Wildman–Crippen MR) is 131 cm³/mol. The Morgan fingerprint density at radius 2 is 1.64 bits per heavy atom. The van der Waals surface area contributed by atoms with Gasteiger partial charge in [0.05, 0.1) is 22.7 Å². The minimum atomic E-state index is -4.07. The van der Waals surface area contributed by atoms with E-state index in [1.807, 2.05) is 32.0 Å². The minimum Gasteiger partial charge on any atom is -0.321 e. The van der Waals surface area contributed by atoms with Crippen molar-refractivity contribution in [2.45, 2.75) is 31.6 Å². The first kappa shape index (κ1) is 24.2. The van der Waals surface area contributed by atoms with Gasteiger partial charge in [-0.1, -0.05) is 56.3 Å². The van der Waals surface area contributed by atoms with E-state index in [4.69, 9.17) is 0 Å². The number of carbonyl (C=O) groups is 1. The lowest BCUT2D eigenvalue weighted by Crippen LogP contribution is -2.31. The van der Waals surface area contributed by atoms with Crippen LogP contribution in [0.1, 0.15) is 35.3 Å². The Balaban J connectivity index is 2.02. The van der Waals surface area contributed by atoms with Crippen molar-refractivity contribution >= 4 is 27.3 Å². The number of anilines is 2. The van der Waals surface area contributed by atoms with Crippen molar-refractivity contribution in [3.8, 4) is 0 Å². The molecule has 3 aromatic carbocycles. The fraction of sp³-hybridized carbons (Fsp3) is 0.192. The summed E-state index contributed by atoms with van der Waals surface area (Å²) in [6, 6.07) is 17.5. The van der Waals surface area contributed by atoms with E-state index < -0.39 is 21.7 Å². The summed E-state index contributed by atoms with van der Waals surface area (Å²) in [5.41, 5.74) is 2.59. The summed E-state index contributed by atoms with van der Waals surface area (Å²) in [6.07, 6.45) is 2.84. The quantitative estimate of drug-likeness (QED) is 0.419. The van der Waals surface area contributed by atoms with Crippen LogP contribution in [-0.4, -0.2) is 20.9 Å². The maximum atomic E-state index is 14.7. The molecule has 0 aliphatic carbocycles. The van der Waals surface area contributed by atoms with Crippen molar-refractivity contribution in [2.24, 2.45) is 0 Å². The van der Waals surface area contributed by atoms with Crippen molar-refractivity contribution in [3.63, 3.8) is 0 Å². The van der Waals surface area contributed by atoms with Gasteiger partial charge in [0.2, 0.25) is 0 Å². The fourth-order valence-corrected chi connectivity index (χ4v) is 5.07. The first-order chi connectivity index (χ1) is 15.8. The van der Waals surface area contributed by atoms with Crippen molar-refractivity contribution in [1.82, 2.24) is 0 Å². The van der Waals surface area contributed by atoms with Crippen molar-refractivity contribution in [2.75, 3.05) is 16.2 Å². The molecule has 0 fully saturated rings. The van der Waals surface area contributed by atoms with Crippen LogP contribution in [0.2, 0.25) is 0 Å². The molecular formula is C26H27FN2O3S. The molecule has 0 heterocycles. The Hall–Kier alpha value is -3.45. The Kier molecular flexibility index (Phi) is 7.66. The lowest BCUT2D eigenvalue weighted by atomic mass is 10.0. The van der Waals surface area contributed by atoms with E-state index in [9.17, 15) is 17.6 Å². The summed E-state index contributed by atoms with van der Waals surface area (Å²) in [7, 11) is -4.07. The van der Waals surface area contributed by atoms with Crippen LogP contribution in [-0.2, 0) is 22.9 Å². The summed E-state index contributed by atoms with van der Waals surface area (Å²) >= 11 is 0. The molecule has 0 atom stereocenters. The summed E-state index contributed by atoms with van der Waals surface area (Å²) in [4.78, 5) is 12.9. The van der Waals surface area contributed by atoms with E-state index in [0.29, 0.717) is 24.2 Å². The van der Waals surface area contributed by atoms with E-state index >= 15 is 0 Å². The number of amides is 1. The zero-order valence-corrected chi connectivity index (χ0v) is 19.5. The second-order valence-corrected chi connectivity index (χ2v) is 9.28. The molecule has 0 bridgehead atoms. The molecule has 0 aliphatic heterocycles. The highest BCUT2D eigenvalue weighted by atomic mass is 32.2. The molecule has 5 nitrogen and oxygen atoms in total. The number of hydrogen-bond donors (Lipinski definition) is 1. The van der Waals surface area contributed by atoms with Crippen LogP contribution >= 0.6 is 0 Å². The molecule has 33 heavy (non-hydrogen) atoms. The van der Waals surface area contributed by atoms with Gasteiger partial charge in [0.25, 0.3) is 15.9 Å². The molecule has 172 valence electrons. The van der Waals surface area contributed by atoms with E-state index in [1.54, 1.807) is 30.3 Å². The fourth-order valence-electron chi connectivity index (χ4n) is 3.60. The molecule has 0 spiro atoms. The normalized spacial score (nSPS) is 11.1. The predicted octanol–water partition coefficient (Wildman–Crippen LogP) is 5.58. The van der Waals surface area contributed by atoms with Crippen LogP contribution in [0.15, 0.2) is 84.3 Å². The molecule has 1 amide bonds. The molecule has 0 saturated heterocycles. The molecule has 3 aromatic rings. The zero-order valence-electron chi connectivity index (χ0n) is 18.7. The highest BCUT2D eigenvalue weighted by Gasteiger charge is 2.26. The van der Waals surface area contributed by atoms with Crippen molar-refractivity contribution in [1.29, 1.82) is 0 Å². The number of nitrogens with zero attached hydrogens (tertiary/aromatic N) is 1. The van der Waals surface area contributed by atoms with Crippen LogP contribution in [0, 0.1) is 5.82 Å². The average molecular weight is 467 g/mol. The van der Waals surface area contributed by atoms with Crippen molar-refractivity contribution < 1.29 is 17.6 Å². The van der Waals surface area contributed by atoms with Gasteiger partial charge in [-0.2, -0.15) is 0 Å². The maximum absolute atomic E-state index is 14.7. The van der Waals surface area contributed by atoms with E-state index in [2.05, 4.69) is 11.9 Å². The molecule has 0 radical (unpaired) electrons. The zero-order chi connectivity index (χ0) is 24.0. The van der Waals surface area contributed by atoms with E-state index in [1.165, 1.54) is 6.08 Å².